The number of hydrogen-bond acceptors (Lipinski definition) is 4. The lowest BCUT2D eigenvalue weighted by Crippen LogP contribution is -2.32. The maximum Gasteiger partial charge on any atom is 0.283 e. The molecule has 3 aromatic rings. The lowest BCUT2D eigenvalue weighted by atomic mass is 10.2. The summed E-state index contributed by atoms with van der Waals surface area (Å²) in [5.41, 5.74) is 1.39. The lowest BCUT2D eigenvalue weighted by Gasteiger charge is -2.16. The van der Waals surface area contributed by atoms with Gasteiger partial charge in [-0.05, 0) is 54.6 Å². The zero-order valence-corrected chi connectivity index (χ0v) is 19.6. The zero-order valence-electron chi connectivity index (χ0n) is 16.5. The van der Waals surface area contributed by atoms with E-state index in [9.17, 15) is 14.4 Å². The molecule has 0 saturated carbocycles. The largest absolute Gasteiger partial charge is 0.350 e. The summed E-state index contributed by atoms with van der Waals surface area (Å²) in [5.74, 6) is -1.73. The molecule has 166 valence electrons. The fourth-order valence-electron chi connectivity index (χ4n) is 3.12. The first-order valence-corrected chi connectivity index (χ1v) is 10.9. The van der Waals surface area contributed by atoms with E-state index in [0.29, 0.717) is 22.0 Å². The number of carbonyl (C=O) groups is 3. The van der Waals surface area contributed by atoms with Gasteiger partial charge in [0.25, 0.3) is 17.7 Å². The number of nitrogens with one attached hydrogen (secondary N) is 2. The van der Waals surface area contributed by atoms with Gasteiger partial charge >= 0.3 is 0 Å². The topological polar surface area (TPSA) is 78.5 Å². The molecule has 10 heteroatoms. The quantitative estimate of drug-likeness (QED) is 0.385. The Morgan fingerprint density at radius 1 is 0.788 bits per heavy atom. The summed E-state index contributed by atoms with van der Waals surface area (Å²) in [6.45, 7) is 0. The number of carbonyl (C=O) groups excluding carboxylic acids is 3. The van der Waals surface area contributed by atoms with Crippen LogP contribution in [0.15, 0.2) is 77.5 Å². The van der Waals surface area contributed by atoms with Gasteiger partial charge in [0.1, 0.15) is 10.7 Å². The number of benzene rings is 3. The Morgan fingerprint density at radius 3 is 2.06 bits per heavy atom. The second-order valence-electron chi connectivity index (χ2n) is 6.90. The van der Waals surface area contributed by atoms with Gasteiger partial charge in [-0.1, -0.05) is 58.5 Å². The highest BCUT2D eigenvalue weighted by molar-refractivity contribution is 6.53. The van der Waals surface area contributed by atoms with Crippen molar-refractivity contribution < 1.29 is 14.4 Å². The first-order chi connectivity index (χ1) is 15.7. The van der Waals surface area contributed by atoms with E-state index >= 15 is 0 Å². The lowest BCUT2D eigenvalue weighted by molar-refractivity contribution is -0.120. The van der Waals surface area contributed by atoms with Crippen LogP contribution in [0.2, 0.25) is 15.1 Å². The minimum Gasteiger partial charge on any atom is -0.350 e. The summed E-state index contributed by atoms with van der Waals surface area (Å²) in [6, 6.07) is 17.5. The molecule has 1 heterocycles. The minimum absolute atomic E-state index is 0.106. The number of para-hydroxylation sites is 1. The molecule has 33 heavy (non-hydrogen) atoms. The monoisotopic (exact) mass is 519 g/mol. The molecular weight excluding hydrogens is 508 g/mol. The Labute approximate surface area is 208 Å². The van der Waals surface area contributed by atoms with Crippen LogP contribution in [0.25, 0.3) is 0 Å². The molecule has 0 radical (unpaired) electrons. The van der Waals surface area contributed by atoms with E-state index in [-0.39, 0.29) is 32.4 Å². The van der Waals surface area contributed by atoms with Crippen molar-refractivity contribution in [3.63, 3.8) is 0 Å². The van der Waals surface area contributed by atoms with Crippen molar-refractivity contribution in [2.24, 2.45) is 0 Å². The van der Waals surface area contributed by atoms with E-state index in [1.165, 1.54) is 18.2 Å². The van der Waals surface area contributed by atoms with Crippen LogP contribution in [0.4, 0.5) is 17.1 Å². The molecule has 4 rings (SSSR count). The van der Waals surface area contributed by atoms with Crippen LogP contribution in [0.3, 0.4) is 0 Å². The van der Waals surface area contributed by atoms with Crippen LogP contribution in [-0.2, 0) is 9.59 Å². The summed E-state index contributed by atoms with van der Waals surface area (Å²) in [5, 5.41) is 6.23. The molecule has 0 spiro atoms. The Kier molecular flexibility index (Phi) is 6.63. The van der Waals surface area contributed by atoms with E-state index in [1.807, 2.05) is 0 Å². The van der Waals surface area contributed by atoms with Crippen molar-refractivity contribution in [3.05, 3.63) is 98.1 Å². The molecule has 6 nitrogen and oxygen atoms in total. The summed E-state index contributed by atoms with van der Waals surface area (Å²) < 4.78 is 0. The van der Waals surface area contributed by atoms with Crippen LogP contribution < -0.4 is 15.5 Å². The van der Waals surface area contributed by atoms with Gasteiger partial charge in [0.05, 0.1) is 16.4 Å². The predicted molar refractivity (Wildman–Crippen MR) is 131 cm³/mol. The molecule has 0 unspecified atom stereocenters. The number of rotatable bonds is 5. The van der Waals surface area contributed by atoms with Crippen molar-refractivity contribution >= 4 is 81.2 Å². The third kappa shape index (κ3) is 4.84. The maximum absolute atomic E-state index is 12.9. The third-order valence-electron chi connectivity index (χ3n) is 4.67. The Hall–Kier alpha value is -3.03. The van der Waals surface area contributed by atoms with Crippen molar-refractivity contribution in [1.29, 1.82) is 0 Å². The highest BCUT2D eigenvalue weighted by Gasteiger charge is 2.39. The Morgan fingerprint density at radius 2 is 1.42 bits per heavy atom. The first-order valence-electron chi connectivity index (χ1n) is 9.42. The summed E-state index contributed by atoms with van der Waals surface area (Å²) in [7, 11) is 0. The number of imide groups is 1. The fraction of sp³-hybridized carbons (Fsp3) is 0. The van der Waals surface area contributed by atoms with Crippen molar-refractivity contribution in [1.82, 2.24) is 0 Å². The van der Waals surface area contributed by atoms with Crippen LogP contribution in [-0.4, -0.2) is 17.7 Å². The molecule has 0 atom stereocenters. The van der Waals surface area contributed by atoms with Crippen LogP contribution in [0, 0.1) is 0 Å². The molecule has 0 fully saturated rings. The number of amides is 3. The highest BCUT2D eigenvalue weighted by Crippen LogP contribution is 2.33. The molecule has 3 amide bonds. The van der Waals surface area contributed by atoms with Gasteiger partial charge in [-0.25, -0.2) is 4.90 Å². The summed E-state index contributed by atoms with van der Waals surface area (Å²) >= 11 is 24.2. The summed E-state index contributed by atoms with van der Waals surface area (Å²) in [6.07, 6.45) is 0. The average molecular weight is 521 g/mol. The number of nitrogens with zero attached hydrogens (tertiary/aromatic N) is 1. The fourth-order valence-corrected chi connectivity index (χ4v) is 4.03. The normalized spacial score (nSPS) is 13.5. The van der Waals surface area contributed by atoms with E-state index in [1.54, 1.807) is 48.5 Å². The molecule has 3 aromatic carbocycles. The minimum atomic E-state index is -0.710. The van der Waals surface area contributed by atoms with Gasteiger partial charge in [-0.3, -0.25) is 14.4 Å². The van der Waals surface area contributed by atoms with Gasteiger partial charge in [-0.15, -0.1) is 0 Å². The molecule has 0 bridgehead atoms. The second-order valence-corrected chi connectivity index (χ2v) is 8.56. The van der Waals surface area contributed by atoms with Gasteiger partial charge in [-0.2, -0.15) is 0 Å². The van der Waals surface area contributed by atoms with Gasteiger partial charge < -0.3 is 10.6 Å². The summed E-state index contributed by atoms with van der Waals surface area (Å²) in [4.78, 5) is 38.9. The van der Waals surface area contributed by atoms with Crippen molar-refractivity contribution in [2.75, 3.05) is 15.5 Å². The molecule has 1 aliphatic rings. The zero-order chi connectivity index (χ0) is 23.7. The number of anilines is 3. The maximum atomic E-state index is 12.9. The number of hydrogen-bond donors (Lipinski definition) is 2. The van der Waals surface area contributed by atoms with E-state index in [0.717, 1.165) is 4.90 Å². The molecule has 2 N–H and O–H groups in total. The van der Waals surface area contributed by atoms with E-state index in [4.69, 9.17) is 46.4 Å². The molecule has 1 aliphatic heterocycles. The SMILES string of the molecule is O=C(Nc1ccccc1Cl)c1ccc(NC2=C(Cl)C(=O)N(c3cc(Cl)cc(Cl)c3)C2=O)cc1. The molecule has 0 aliphatic carbocycles. The molecule has 0 aromatic heterocycles. The van der Waals surface area contributed by atoms with E-state index in [2.05, 4.69) is 10.6 Å². The van der Waals surface area contributed by atoms with E-state index < -0.39 is 11.8 Å². The second kappa shape index (κ2) is 9.45. The Bertz CT molecular complexity index is 1300. The van der Waals surface area contributed by atoms with Crippen molar-refractivity contribution in [2.45, 2.75) is 0 Å². The standard InChI is InChI=1S/C23H13Cl4N3O3/c24-13-9-14(25)11-16(10-13)30-22(32)19(27)20(23(30)33)28-15-7-5-12(6-8-15)21(31)29-18-4-2-1-3-17(18)26/h1-11,28H,(H,29,31). The van der Waals surface area contributed by atoms with Gasteiger partial charge in [0, 0.05) is 21.3 Å². The van der Waals surface area contributed by atoms with Crippen LogP contribution in [0.5, 0.6) is 0 Å². The smallest absolute Gasteiger partial charge is 0.283 e. The van der Waals surface area contributed by atoms with Crippen molar-refractivity contribution in [3.8, 4) is 0 Å². The predicted octanol–water partition coefficient (Wildman–Crippen LogP) is 6.33. The molecule has 0 saturated heterocycles. The molecular formula is C23H13Cl4N3O3. The third-order valence-corrected chi connectivity index (χ3v) is 5.79. The average Bonchev–Trinajstić information content (AvgIpc) is 2.98. The van der Waals surface area contributed by atoms with Crippen LogP contribution >= 0.6 is 46.4 Å². The highest BCUT2D eigenvalue weighted by atomic mass is 35.5. The number of halogens is 4. The van der Waals surface area contributed by atoms with Gasteiger partial charge in [0.2, 0.25) is 0 Å². The van der Waals surface area contributed by atoms with Gasteiger partial charge in [0.15, 0.2) is 0 Å². The first kappa shape index (κ1) is 23.1. The Balaban J connectivity index is 1.50. The van der Waals surface area contributed by atoms with Crippen LogP contribution in [0.1, 0.15) is 10.4 Å².